The van der Waals surface area contributed by atoms with E-state index in [1.54, 1.807) is 41.4 Å². The van der Waals surface area contributed by atoms with E-state index < -0.39 is 6.10 Å². The highest BCUT2D eigenvalue weighted by atomic mass is 16.7. The molecule has 8 nitrogen and oxygen atoms in total. The van der Waals surface area contributed by atoms with Crippen molar-refractivity contribution in [3.8, 4) is 39.9 Å². The van der Waals surface area contributed by atoms with E-state index in [4.69, 9.17) is 33.2 Å². The summed E-state index contributed by atoms with van der Waals surface area (Å²) in [4.78, 5) is 0. The summed E-state index contributed by atoms with van der Waals surface area (Å²) in [5, 5.41) is 10.4. The van der Waals surface area contributed by atoms with Crippen LogP contribution in [0.15, 0.2) is 18.2 Å². The van der Waals surface area contributed by atoms with E-state index in [0.29, 0.717) is 39.9 Å². The smallest absolute Gasteiger partial charge is 0.231 e. The first kappa shape index (κ1) is 21.0. The average Bonchev–Trinajstić information content (AvgIpc) is 3.19. The fraction of sp³-hybridized carbons (Fsp3) is 0.429. The van der Waals surface area contributed by atoms with E-state index in [1.165, 1.54) is 0 Å². The zero-order valence-electron chi connectivity index (χ0n) is 17.2. The molecule has 0 radical (unpaired) electrons. The molecule has 0 aliphatic carbocycles. The second kappa shape index (κ2) is 9.21. The molecule has 29 heavy (non-hydrogen) atoms. The van der Waals surface area contributed by atoms with Crippen molar-refractivity contribution in [2.45, 2.75) is 19.6 Å². The minimum absolute atomic E-state index is 0.125. The number of aliphatic hydroxyl groups is 1. The zero-order valence-corrected chi connectivity index (χ0v) is 17.2. The van der Waals surface area contributed by atoms with Gasteiger partial charge in [-0.25, -0.2) is 0 Å². The Bertz CT molecular complexity index is 862. The standard InChI is InChI=1S/C21H26O8/c1-12(22)14-7-16-17(29-11-28-16)8-15(14)19-13(9-27-10-23-2)6-18(24-3)20(25-4)21(19)26-5/h6-8,12,22H,9-11H2,1-5H3/t12-/m1/s1. The molecular formula is C21H26O8. The highest BCUT2D eigenvalue weighted by molar-refractivity contribution is 5.83. The molecule has 0 bridgehead atoms. The van der Waals surface area contributed by atoms with Crippen molar-refractivity contribution in [1.82, 2.24) is 0 Å². The van der Waals surface area contributed by atoms with Gasteiger partial charge >= 0.3 is 0 Å². The zero-order chi connectivity index (χ0) is 21.0. The van der Waals surface area contributed by atoms with Gasteiger partial charge in [-0.15, -0.1) is 0 Å². The quantitative estimate of drug-likeness (QED) is 0.502. The van der Waals surface area contributed by atoms with Gasteiger partial charge in [-0.1, -0.05) is 0 Å². The SMILES string of the molecule is COCOCc1cc(OC)c(OC)c(OC)c1-c1cc2c(cc1[C@@H](C)O)OCO2. The molecule has 1 aliphatic heterocycles. The molecule has 0 amide bonds. The van der Waals surface area contributed by atoms with Crippen LogP contribution in [0, 0.1) is 0 Å². The molecule has 0 saturated heterocycles. The Balaban J connectivity index is 2.29. The van der Waals surface area contributed by atoms with Gasteiger partial charge in [0.15, 0.2) is 23.0 Å². The van der Waals surface area contributed by atoms with Crippen LogP contribution in [0.1, 0.15) is 24.2 Å². The van der Waals surface area contributed by atoms with Crippen LogP contribution in [-0.4, -0.2) is 47.1 Å². The minimum Gasteiger partial charge on any atom is -0.493 e. The summed E-state index contributed by atoms with van der Waals surface area (Å²) in [6.07, 6.45) is -0.759. The normalized spacial score (nSPS) is 13.3. The van der Waals surface area contributed by atoms with Crippen molar-refractivity contribution in [1.29, 1.82) is 0 Å². The Morgan fingerprint density at radius 2 is 1.66 bits per heavy atom. The third-order valence-corrected chi connectivity index (χ3v) is 4.63. The van der Waals surface area contributed by atoms with Gasteiger partial charge in [0.2, 0.25) is 12.5 Å². The molecule has 8 heteroatoms. The molecule has 1 N–H and O–H groups in total. The Morgan fingerprint density at radius 1 is 0.966 bits per heavy atom. The number of rotatable bonds is 9. The van der Waals surface area contributed by atoms with Gasteiger partial charge in [0.25, 0.3) is 0 Å². The van der Waals surface area contributed by atoms with E-state index >= 15 is 0 Å². The number of methoxy groups -OCH3 is 4. The average molecular weight is 406 g/mol. The maximum atomic E-state index is 10.4. The Labute approximate surface area is 169 Å². The molecule has 0 aromatic heterocycles. The maximum absolute atomic E-state index is 10.4. The highest BCUT2D eigenvalue weighted by Crippen LogP contribution is 2.50. The Kier molecular flexibility index (Phi) is 6.68. The number of hydrogen-bond acceptors (Lipinski definition) is 8. The van der Waals surface area contributed by atoms with Crippen LogP contribution >= 0.6 is 0 Å². The number of hydrogen-bond donors (Lipinski definition) is 1. The fourth-order valence-electron chi connectivity index (χ4n) is 3.37. The summed E-state index contributed by atoms with van der Waals surface area (Å²) >= 11 is 0. The molecule has 1 aliphatic rings. The molecule has 2 aromatic carbocycles. The second-order valence-electron chi connectivity index (χ2n) is 6.40. The first-order valence-electron chi connectivity index (χ1n) is 9.06. The van der Waals surface area contributed by atoms with Gasteiger partial charge in [0.05, 0.1) is 34.0 Å². The maximum Gasteiger partial charge on any atom is 0.231 e. The van der Waals surface area contributed by atoms with E-state index in [9.17, 15) is 5.11 Å². The topological polar surface area (TPSA) is 84.8 Å². The van der Waals surface area contributed by atoms with Crippen LogP contribution in [0.25, 0.3) is 11.1 Å². The second-order valence-corrected chi connectivity index (χ2v) is 6.40. The highest BCUT2D eigenvalue weighted by Gasteiger charge is 2.27. The lowest BCUT2D eigenvalue weighted by atomic mass is 9.91. The third-order valence-electron chi connectivity index (χ3n) is 4.63. The van der Waals surface area contributed by atoms with E-state index in [2.05, 4.69) is 0 Å². The lowest BCUT2D eigenvalue weighted by Crippen LogP contribution is -2.06. The molecule has 0 spiro atoms. The Hall–Kier alpha value is -2.68. The van der Waals surface area contributed by atoms with Crippen LogP contribution in [-0.2, 0) is 16.1 Å². The third kappa shape index (κ3) is 4.05. The molecule has 0 saturated carbocycles. The molecule has 2 aromatic rings. The van der Waals surface area contributed by atoms with Crippen molar-refractivity contribution in [2.75, 3.05) is 42.0 Å². The minimum atomic E-state index is -0.759. The molecule has 0 fully saturated rings. The van der Waals surface area contributed by atoms with Gasteiger partial charge in [0.1, 0.15) is 6.79 Å². The first-order valence-corrected chi connectivity index (χ1v) is 9.06. The number of ether oxygens (including phenoxy) is 7. The van der Waals surface area contributed by atoms with Crippen molar-refractivity contribution in [2.24, 2.45) is 0 Å². The van der Waals surface area contributed by atoms with Crippen LogP contribution in [0.3, 0.4) is 0 Å². The molecule has 158 valence electrons. The van der Waals surface area contributed by atoms with Crippen molar-refractivity contribution >= 4 is 0 Å². The molecule has 0 unspecified atom stereocenters. The predicted molar refractivity (Wildman–Crippen MR) is 105 cm³/mol. The van der Waals surface area contributed by atoms with E-state index in [-0.39, 0.29) is 20.2 Å². The monoisotopic (exact) mass is 406 g/mol. The Morgan fingerprint density at radius 3 is 2.24 bits per heavy atom. The summed E-state index contributed by atoms with van der Waals surface area (Å²) < 4.78 is 38.4. The van der Waals surface area contributed by atoms with Gasteiger partial charge in [0, 0.05) is 12.7 Å². The molecular weight excluding hydrogens is 380 g/mol. The van der Waals surface area contributed by atoms with Crippen LogP contribution in [0.2, 0.25) is 0 Å². The van der Waals surface area contributed by atoms with Crippen LogP contribution in [0.4, 0.5) is 0 Å². The summed E-state index contributed by atoms with van der Waals surface area (Å²) in [6, 6.07) is 5.43. The predicted octanol–water partition coefficient (Wildman–Crippen LogP) is 3.28. The van der Waals surface area contributed by atoms with Crippen LogP contribution in [0.5, 0.6) is 28.7 Å². The fourth-order valence-corrected chi connectivity index (χ4v) is 3.37. The van der Waals surface area contributed by atoms with Crippen LogP contribution < -0.4 is 23.7 Å². The van der Waals surface area contributed by atoms with Crippen molar-refractivity contribution in [3.63, 3.8) is 0 Å². The summed E-state index contributed by atoms with van der Waals surface area (Å²) in [6.45, 7) is 2.17. The van der Waals surface area contributed by atoms with Gasteiger partial charge in [-0.2, -0.15) is 0 Å². The summed E-state index contributed by atoms with van der Waals surface area (Å²) in [5.41, 5.74) is 2.86. The summed E-state index contributed by atoms with van der Waals surface area (Å²) in [7, 11) is 6.20. The first-order chi connectivity index (χ1) is 14.0. The lowest BCUT2D eigenvalue weighted by molar-refractivity contribution is -0.0390. The number of fused-ring (bicyclic) bond motifs is 1. The van der Waals surface area contributed by atoms with Gasteiger partial charge in [-0.05, 0) is 41.8 Å². The van der Waals surface area contributed by atoms with E-state index in [0.717, 1.165) is 11.1 Å². The molecule has 1 atom stereocenters. The van der Waals surface area contributed by atoms with Gasteiger partial charge < -0.3 is 38.3 Å². The lowest BCUT2D eigenvalue weighted by Gasteiger charge is -2.22. The van der Waals surface area contributed by atoms with E-state index in [1.807, 2.05) is 12.1 Å². The van der Waals surface area contributed by atoms with Gasteiger partial charge in [-0.3, -0.25) is 0 Å². The summed E-state index contributed by atoms with van der Waals surface area (Å²) in [5.74, 6) is 2.58. The number of benzene rings is 2. The largest absolute Gasteiger partial charge is 0.493 e. The van der Waals surface area contributed by atoms with Crippen molar-refractivity contribution < 1.29 is 38.3 Å². The molecule has 3 rings (SSSR count). The number of aliphatic hydroxyl groups excluding tert-OH is 1. The molecule has 1 heterocycles. The van der Waals surface area contributed by atoms with Crippen molar-refractivity contribution in [3.05, 3.63) is 29.3 Å².